The highest BCUT2D eigenvalue weighted by Crippen LogP contribution is 2.29. The second-order valence-electron chi connectivity index (χ2n) is 11.5. The van der Waals surface area contributed by atoms with E-state index in [1.54, 1.807) is 45.0 Å². The first-order valence-corrected chi connectivity index (χ1v) is 13.7. The molecule has 1 fully saturated rings. The van der Waals surface area contributed by atoms with Crippen molar-refractivity contribution in [2.24, 2.45) is 0 Å². The number of fused-ring (bicyclic) bond motifs is 1. The van der Waals surface area contributed by atoms with Crippen LogP contribution in [0.25, 0.3) is 0 Å². The van der Waals surface area contributed by atoms with Crippen LogP contribution >= 0.6 is 0 Å². The van der Waals surface area contributed by atoms with E-state index in [2.05, 4.69) is 10.6 Å². The Morgan fingerprint density at radius 1 is 1.05 bits per heavy atom. The number of alkyl carbamates (subject to hydrolysis) is 1. The maximum absolute atomic E-state index is 14.2. The number of carbonyl (C=O) groups excluding carboxylic acids is 4. The number of ether oxygens (including phenoxy) is 1. The van der Waals surface area contributed by atoms with Crippen LogP contribution in [0.5, 0.6) is 0 Å². The first kappa shape index (κ1) is 30.0. The first-order valence-electron chi connectivity index (χ1n) is 13.7. The van der Waals surface area contributed by atoms with Crippen molar-refractivity contribution in [3.8, 4) is 0 Å². The molecular formula is C30H36F2N4O5. The molecule has 2 aliphatic heterocycles. The minimum atomic E-state index is -3.06. The van der Waals surface area contributed by atoms with Crippen LogP contribution in [-0.4, -0.2) is 70.3 Å². The van der Waals surface area contributed by atoms with E-state index in [1.165, 1.54) is 4.90 Å². The van der Waals surface area contributed by atoms with Gasteiger partial charge in [-0.15, -0.1) is 0 Å². The van der Waals surface area contributed by atoms with Crippen LogP contribution in [0.1, 0.15) is 51.2 Å². The van der Waals surface area contributed by atoms with Crippen LogP contribution in [-0.2, 0) is 32.1 Å². The molecule has 2 aromatic rings. The maximum atomic E-state index is 14.2. The van der Waals surface area contributed by atoms with Crippen molar-refractivity contribution >= 4 is 29.5 Å². The van der Waals surface area contributed by atoms with Crippen molar-refractivity contribution in [2.45, 2.75) is 76.6 Å². The molecule has 0 radical (unpaired) electrons. The predicted molar refractivity (Wildman–Crippen MR) is 148 cm³/mol. The molecule has 11 heteroatoms. The van der Waals surface area contributed by atoms with E-state index >= 15 is 0 Å². The van der Waals surface area contributed by atoms with Crippen molar-refractivity contribution in [1.29, 1.82) is 0 Å². The number of alkyl halides is 2. The Kier molecular flexibility index (Phi) is 8.94. The highest BCUT2D eigenvalue weighted by Gasteiger charge is 2.41. The molecule has 4 amide bonds. The van der Waals surface area contributed by atoms with E-state index in [1.807, 2.05) is 30.3 Å². The van der Waals surface area contributed by atoms with Gasteiger partial charge < -0.3 is 25.2 Å². The molecule has 9 nitrogen and oxygen atoms in total. The molecule has 2 aromatic carbocycles. The fourth-order valence-corrected chi connectivity index (χ4v) is 5.06. The lowest BCUT2D eigenvalue weighted by molar-refractivity contribution is -0.148. The van der Waals surface area contributed by atoms with E-state index in [0.717, 1.165) is 16.0 Å². The third-order valence-electron chi connectivity index (χ3n) is 6.98. The summed E-state index contributed by atoms with van der Waals surface area (Å²) in [5.41, 5.74) is 1.56. The topological polar surface area (TPSA) is 108 Å². The third-order valence-corrected chi connectivity index (χ3v) is 6.98. The van der Waals surface area contributed by atoms with E-state index in [-0.39, 0.29) is 38.3 Å². The van der Waals surface area contributed by atoms with Crippen LogP contribution < -0.4 is 10.6 Å². The fraction of sp³-hybridized carbons (Fsp3) is 0.467. The zero-order valence-electron chi connectivity index (χ0n) is 23.5. The van der Waals surface area contributed by atoms with Crippen molar-refractivity contribution in [3.05, 3.63) is 65.7 Å². The average molecular weight is 571 g/mol. The summed E-state index contributed by atoms with van der Waals surface area (Å²) in [6.45, 7) is 4.06. The second-order valence-corrected chi connectivity index (χ2v) is 11.5. The van der Waals surface area contributed by atoms with Crippen molar-refractivity contribution in [3.63, 3.8) is 0 Å². The Morgan fingerprint density at radius 2 is 1.71 bits per heavy atom. The maximum Gasteiger partial charge on any atom is 0.407 e. The van der Waals surface area contributed by atoms with Gasteiger partial charge in [0, 0.05) is 44.5 Å². The van der Waals surface area contributed by atoms with Gasteiger partial charge >= 0.3 is 6.09 Å². The number of halogens is 2. The molecule has 0 unspecified atom stereocenters. The van der Waals surface area contributed by atoms with E-state index in [4.69, 9.17) is 4.74 Å². The summed E-state index contributed by atoms with van der Waals surface area (Å²) in [6.07, 6.45) is -1.76. The molecule has 2 heterocycles. The van der Waals surface area contributed by atoms with Crippen LogP contribution in [0, 0.1) is 0 Å². The Labute approximate surface area is 238 Å². The molecule has 0 spiro atoms. The van der Waals surface area contributed by atoms with Gasteiger partial charge in [0.25, 0.3) is 5.92 Å². The molecule has 41 heavy (non-hydrogen) atoms. The van der Waals surface area contributed by atoms with Gasteiger partial charge in [0.2, 0.25) is 17.7 Å². The molecule has 2 atom stereocenters. The average Bonchev–Trinajstić information content (AvgIpc) is 2.89. The van der Waals surface area contributed by atoms with Crippen molar-refractivity contribution in [1.82, 2.24) is 15.1 Å². The van der Waals surface area contributed by atoms with Crippen LogP contribution in [0.3, 0.4) is 0 Å². The molecule has 0 aromatic heterocycles. The number of hydrogen-bond donors (Lipinski definition) is 2. The summed E-state index contributed by atoms with van der Waals surface area (Å²) < 4.78 is 33.6. The summed E-state index contributed by atoms with van der Waals surface area (Å²) in [6, 6.07) is 14.5. The summed E-state index contributed by atoms with van der Waals surface area (Å²) >= 11 is 0. The smallest absolute Gasteiger partial charge is 0.407 e. The molecule has 220 valence electrons. The summed E-state index contributed by atoms with van der Waals surface area (Å²) in [7, 11) is 0. The minimum Gasteiger partial charge on any atom is -0.444 e. The molecule has 1 saturated heterocycles. The number of piperidine rings is 1. The van der Waals surface area contributed by atoms with E-state index in [9.17, 15) is 28.0 Å². The van der Waals surface area contributed by atoms with Crippen LogP contribution in [0.15, 0.2) is 54.6 Å². The number of carbonyl (C=O) groups is 4. The van der Waals surface area contributed by atoms with Crippen molar-refractivity contribution in [2.75, 3.05) is 18.4 Å². The minimum absolute atomic E-state index is 0.155. The van der Waals surface area contributed by atoms with Gasteiger partial charge in [-0.2, -0.15) is 0 Å². The number of amides is 4. The Bertz CT molecular complexity index is 1280. The number of nitrogens with zero attached hydrogens (tertiary/aromatic N) is 2. The van der Waals surface area contributed by atoms with Crippen LogP contribution in [0.2, 0.25) is 0 Å². The number of anilines is 1. The SMILES string of the molecule is CC(C)(C)OC(=O)N[C@@H](CC(=O)N1Cc2ccccc2C[C@H]1C(=O)Nc1ccccc1)CN1CC(F)(F)CCC1=O. The highest BCUT2D eigenvalue weighted by molar-refractivity contribution is 5.97. The summed E-state index contributed by atoms with van der Waals surface area (Å²) in [5.74, 6) is -4.39. The monoisotopic (exact) mass is 570 g/mol. The van der Waals surface area contributed by atoms with Gasteiger partial charge in [-0.05, 0) is 44.0 Å². The second kappa shape index (κ2) is 12.2. The van der Waals surface area contributed by atoms with Gasteiger partial charge in [0.15, 0.2) is 0 Å². The molecule has 0 bridgehead atoms. The summed E-state index contributed by atoms with van der Waals surface area (Å²) in [5, 5.41) is 5.45. The third kappa shape index (κ3) is 8.25. The normalized spacial score (nSPS) is 19.1. The van der Waals surface area contributed by atoms with Crippen LogP contribution in [0.4, 0.5) is 19.3 Å². The van der Waals surface area contributed by atoms with Gasteiger partial charge in [0.1, 0.15) is 11.6 Å². The quantitative estimate of drug-likeness (QED) is 0.521. The lowest BCUT2D eigenvalue weighted by Crippen LogP contribution is -2.55. The Balaban J connectivity index is 1.56. The molecule has 2 aliphatic rings. The first-order chi connectivity index (χ1) is 19.3. The van der Waals surface area contributed by atoms with Gasteiger partial charge in [-0.25, -0.2) is 13.6 Å². The van der Waals surface area contributed by atoms with E-state index < -0.39 is 54.5 Å². The zero-order chi connectivity index (χ0) is 29.8. The Hall–Kier alpha value is -4.02. The zero-order valence-corrected chi connectivity index (χ0v) is 23.5. The number of likely N-dealkylation sites (tertiary alicyclic amines) is 1. The van der Waals surface area contributed by atoms with Crippen molar-refractivity contribution < 1.29 is 32.7 Å². The molecular weight excluding hydrogens is 534 g/mol. The highest BCUT2D eigenvalue weighted by atomic mass is 19.3. The molecule has 0 aliphatic carbocycles. The Morgan fingerprint density at radius 3 is 2.39 bits per heavy atom. The van der Waals surface area contributed by atoms with E-state index in [0.29, 0.717) is 5.69 Å². The number of rotatable bonds is 7. The van der Waals surface area contributed by atoms with Gasteiger partial charge in [-0.3, -0.25) is 14.4 Å². The number of nitrogens with one attached hydrogen (secondary N) is 2. The number of hydrogen-bond acceptors (Lipinski definition) is 5. The largest absolute Gasteiger partial charge is 0.444 e. The lowest BCUT2D eigenvalue weighted by Gasteiger charge is -2.38. The standard InChI is InChI=1S/C30H36F2N4O5/c1-29(2,3)41-28(40)34-23(18-35-19-30(31,32)14-13-25(35)37)16-26(38)36-17-21-10-8-7-9-20(21)15-24(36)27(39)33-22-11-5-4-6-12-22/h4-12,23-24H,13-19H2,1-3H3,(H,33,39)(H,34,40)/t23-,24-/m0/s1. The fourth-order valence-electron chi connectivity index (χ4n) is 5.06. The summed E-state index contributed by atoms with van der Waals surface area (Å²) in [4.78, 5) is 54.8. The molecule has 2 N–H and O–H groups in total. The van der Waals surface area contributed by atoms with Gasteiger partial charge in [0.05, 0.1) is 12.6 Å². The predicted octanol–water partition coefficient (Wildman–Crippen LogP) is 4.12. The molecule has 0 saturated carbocycles. The van der Waals surface area contributed by atoms with Gasteiger partial charge in [-0.1, -0.05) is 42.5 Å². The molecule has 4 rings (SSSR count). The lowest BCUT2D eigenvalue weighted by atomic mass is 9.92. The number of benzene rings is 2. The number of para-hydroxylation sites is 1.